The Morgan fingerprint density at radius 3 is 2.87 bits per heavy atom. The molecule has 0 aliphatic carbocycles. The predicted octanol–water partition coefficient (Wildman–Crippen LogP) is 2.09. The van der Waals surface area contributed by atoms with Crippen molar-refractivity contribution in [3.63, 3.8) is 0 Å². The van der Waals surface area contributed by atoms with Crippen molar-refractivity contribution in [1.82, 2.24) is 30.6 Å². The molecule has 0 saturated heterocycles. The van der Waals surface area contributed by atoms with Gasteiger partial charge in [-0.05, 0) is 25.1 Å². The Balaban J connectivity index is 1.71. The first-order valence-corrected chi connectivity index (χ1v) is 7.01. The van der Waals surface area contributed by atoms with Crippen molar-refractivity contribution in [2.75, 3.05) is 5.32 Å². The van der Waals surface area contributed by atoms with Gasteiger partial charge in [0.05, 0.1) is 28.5 Å². The van der Waals surface area contributed by atoms with E-state index in [1.165, 1.54) is 0 Å². The molecule has 0 spiro atoms. The zero-order valence-corrected chi connectivity index (χ0v) is 12.2. The smallest absolute Gasteiger partial charge is 0.271 e. The van der Waals surface area contributed by atoms with Crippen LogP contribution in [0, 0.1) is 6.92 Å². The molecular weight excluding hydrogens is 294 g/mol. The minimum Gasteiger partial charge on any atom is -0.337 e. The summed E-state index contributed by atoms with van der Waals surface area (Å²) >= 11 is 0. The van der Waals surface area contributed by atoms with Crippen LogP contribution in [0.4, 0.5) is 11.5 Å². The second kappa shape index (κ2) is 5.09. The lowest BCUT2D eigenvalue weighted by Gasteiger charge is -2.04. The lowest BCUT2D eigenvalue weighted by Crippen LogP contribution is -1.98. The average Bonchev–Trinajstić information content (AvgIpc) is 3.14. The Morgan fingerprint density at radius 1 is 1.13 bits per heavy atom. The van der Waals surface area contributed by atoms with Gasteiger partial charge in [-0.1, -0.05) is 6.07 Å². The zero-order valence-electron chi connectivity index (χ0n) is 12.2. The van der Waals surface area contributed by atoms with E-state index in [9.17, 15) is 4.79 Å². The summed E-state index contributed by atoms with van der Waals surface area (Å²) in [6.45, 7) is 1.93. The molecule has 3 heterocycles. The molecule has 0 amide bonds. The Labute approximate surface area is 130 Å². The first-order valence-electron chi connectivity index (χ1n) is 7.01. The highest BCUT2D eigenvalue weighted by Gasteiger charge is 2.07. The maximum atomic E-state index is 11.7. The molecule has 23 heavy (non-hydrogen) atoms. The van der Waals surface area contributed by atoms with Gasteiger partial charge >= 0.3 is 0 Å². The van der Waals surface area contributed by atoms with E-state index >= 15 is 0 Å². The number of rotatable bonds is 3. The molecule has 0 radical (unpaired) electrons. The highest BCUT2D eigenvalue weighted by Crippen LogP contribution is 2.23. The molecule has 8 nitrogen and oxygen atoms in total. The summed E-state index contributed by atoms with van der Waals surface area (Å²) in [5.74, 6) is 0.707. The average molecular weight is 307 g/mol. The monoisotopic (exact) mass is 307 g/mol. The van der Waals surface area contributed by atoms with Crippen LogP contribution in [-0.4, -0.2) is 30.6 Å². The van der Waals surface area contributed by atoms with Crippen LogP contribution in [-0.2, 0) is 0 Å². The third kappa shape index (κ3) is 2.46. The number of aryl methyl sites for hydroxylation is 1. The third-order valence-corrected chi connectivity index (χ3v) is 3.50. The molecule has 0 aliphatic rings. The quantitative estimate of drug-likeness (QED) is 0.462. The summed E-state index contributed by atoms with van der Waals surface area (Å²) in [5.41, 5.74) is 3.82. The van der Waals surface area contributed by atoms with Crippen molar-refractivity contribution in [3.05, 3.63) is 52.6 Å². The molecule has 0 fully saturated rings. The summed E-state index contributed by atoms with van der Waals surface area (Å²) < 4.78 is 0. The molecule has 3 aromatic heterocycles. The number of hydrogen-bond donors (Lipinski definition) is 4. The van der Waals surface area contributed by atoms with Crippen LogP contribution in [0.25, 0.3) is 22.2 Å². The van der Waals surface area contributed by atoms with Gasteiger partial charge in [0.15, 0.2) is 5.82 Å². The lowest BCUT2D eigenvalue weighted by molar-refractivity contribution is 1.03. The maximum Gasteiger partial charge on any atom is 0.271 e. The number of nitrogens with zero attached hydrogens (tertiary/aromatic N) is 3. The third-order valence-electron chi connectivity index (χ3n) is 3.50. The molecule has 4 rings (SSSR count). The number of aromatic nitrogens is 6. The Bertz CT molecular complexity index is 1040. The fourth-order valence-corrected chi connectivity index (χ4v) is 2.40. The van der Waals surface area contributed by atoms with Crippen molar-refractivity contribution in [2.24, 2.45) is 0 Å². The van der Waals surface area contributed by atoms with Crippen molar-refractivity contribution >= 4 is 22.4 Å². The van der Waals surface area contributed by atoms with Crippen molar-refractivity contribution in [2.45, 2.75) is 6.92 Å². The Kier molecular flexibility index (Phi) is 2.94. The SMILES string of the molecule is Cc1cc(Nc2cnnc(-c3ccc4[nH][nH]c(=O)c4c3)c2)n[nH]1. The largest absolute Gasteiger partial charge is 0.337 e. The van der Waals surface area contributed by atoms with E-state index in [1.54, 1.807) is 12.3 Å². The van der Waals surface area contributed by atoms with E-state index in [4.69, 9.17) is 0 Å². The number of fused-ring (bicyclic) bond motifs is 1. The molecule has 8 heteroatoms. The van der Waals surface area contributed by atoms with Crippen molar-refractivity contribution < 1.29 is 0 Å². The molecule has 1 aromatic carbocycles. The van der Waals surface area contributed by atoms with Gasteiger partial charge in [0.25, 0.3) is 5.56 Å². The summed E-state index contributed by atoms with van der Waals surface area (Å²) in [5, 5.41) is 24.3. The summed E-state index contributed by atoms with van der Waals surface area (Å²) in [4.78, 5) is 11.7. The molecule has 114 valence electrons. The van der Waals surface area contributed by atoms with Gasteiger partial charge in [0, 0.05) is 17.3 Å². The van der Waals surface area contributed by atoms with E-state index in [-0.39, 0.29) is 5.56 Å². The van der Waals surface area contributed by atoms with Crippen LogP contribution in [0.3, 0.4) is 0 Å². The molecule has 4 aromatic rings. The van der Waals surface area contributed by atoms with E-state index in [1.807, 2.05) is 31.2 Å². The van der Waals surface area contributed by atoms with Gasteiger partial charge in [-0.25, -0.2) is 0 Å². The first kappa shape index (κ1) is 13.3. The first-order chi connectivity index (χ1) is 11.2. The fraction of sp³-hybridized carbons (Fsp3) is 0.0667. The number of hydrogen-bond acceptors (Lipinski definition) is 5. The highest BCUT2D eigenvalue weighted by atomic mass is 16.1. The number of anilines is 2. The minimum absolute atomic E-state index is 0.156. The Hall–Kier alpha value is -3.42. The van der Waals surface area contributed by atoms with Crippen molar-refractivity contribution in [3.8, 4) is 11.3 Å². The van der Waals surface area contributed by atoms with Gasteiger partial charge in [0.1, 0.15) is 0 Å². The van der Waals surface area contributed by atoms with Crippen LogP contribution in [0.15, 0.2) is 41.3 Å². The van der Waals surface area contributed by atoms with Gasteiger partial charge < -0.3 is 5.32 Å². The highest BCUT2D eigenvalue weighted by molar-refractivity contribution is 5.83. The van der Waals surface area contributed by atoms with Gasteiger partial charge in [0.2, 0.25) is 0 Å². The van der Waals surface area contributed by atoms with Crippen LogP contribution in [0.5, 0.6) is 0 Å². The van der Waals surface area contributed by atoms with E-state index in [0.717, 1.165) is 22.5 Å². The second-order valence-corrected chi connectivity index (χ2v) is 5.23. The zero-order chi connectivity index (χ0) is 15.8. The van der Waals surface area contributed by atoms with Gasteiger partial charge in [-0.2, -0.15) is 15.3 Å². The molecule has 0 saturated carbocycles. The minimum atomic E-state index is -0.156. The normalized spacial score (nSPS) is 11.0. The number of aromatic amines is 3. The predicted molar refractivity (Wildman–Crippen MR) is 86.6 cm³/mol. The van der Waals surface area contributed by atoms with Crippen LogP contribution in [0.1, 0.15) is 5.69 Å². The standard InChI is InChI=1S/C15H13N7O/c1-8-4-14(21-18-8)17-10-6-13(19-16-7-10)9-2-3-12-11(5-9)15(23)22-20-12/h2-7H,1H3,(H2,20,22,23)(H2,17,18,19,21). The van der Waals surface area contributed by atoms with Crippen LogP contribution < -0.4 is 10.9 Å². The fourth-order valence-electron chi connectivity index (χ4n) is 2.40. The van der Waals surface area contributed by atoms with Crippen LogP contribution >= 0.6 is 0 Å². The topological polar surface area (TPSA) is 115 Å². The summed E-state index contributed by atoms with van der Waals surface area (Å²) in [6, 6.07) is 9.27. The molecular formula is C15H13N7O. The van der Waals surface area contributed by atoms with Gasteiger partial charge in [-0.3, -0.25) is 20.1 Å². The molecule has 0 unspecified atom stereocenters. The Morgan fingerprint density at radius 2 is 2.04 bits per heavy atom. The van der Waals surface area contributed by atoms with Crippen LogP contribution in [0.2, 0.25) is 0 Å². The van der Waals surface area contributed by atoms with Crippen molar-refractivity contribution in [1.29, 1.82) is 0 Å². The van der Waals surface area contributed by atoms with E-state index in [2.05, 4.69) is 35.9 Å². The molecule has 0 bridgehead atoms. The molecule has 4 N–H and O–H groups in total. The van der Waals surface area contributed by atoms with E-state index in [0.29, 0.717) is 16.9 Å². The summed E-state index contributed by atoms with van der Waals surface area (Å²) in [7, 11) is 0. The number of benzene rings is 1. The molecule has 0 aliphatic heterocycles. The van der Waals surface area contributed by atoms with E-state index < -0.39 is 0 Å². The van der Waals surface area contributed by atoms with Gasteiger partial charge in [-0.15, -0.1) is 0 Å². The number of nitrogens with one attached hydrogen (secondary N) is 4. The molecule has 0 atom stereocenters. The maximum absolute atomic E-state index is 11.7. The summed E-state index contributed by atoms with van der Waals surface area (Å²) in [6.07, 6.45) is 1.62. The number of H-pyrrole nitrogens is 3. The second-order valence-electron chi connectivity index (χ2n) is 5.23. The lowest BCUT2D eigenvalue weighted by atomic mass is 10.1.